The summed E-state index contributed by atoms with van der Waals surface area (Å²) in [5.74, 6) is 0.519. The molecule has 2 nitrogen and oxygen atoms in total. The first-order valence-corrected chi connectivity index (χ1v) is 5.07. The van der Waals surface area contributed by atoms with E-state index in [0.717, 1.165) is 0 Å². The van der Waals surface area contributed by atoms with Gasteiger partial charge in [-0.3, -0.25) is 0 Å². The molecule has 0 aromatic heterocycles. The molecular weight excluding hydrogens is 195 g/mol. The monoisotopic (exact) mass is 212 g/mol. The maximum atomic E-state index is 13.5. The number of benzene rings is 1. The van der Waals surface area contributed by atoms with Crippen LogP contribution >= 0.6 is 0 Å². The summed E-state index contributed by atoms with van der Waals surface area (Å²) in [4.78, 5) is 0. The SMILES string of the molecule is COCCOc1cccc(F)c1C(C)C. The highest BCUT2D eigenvalue weighted by Gasteiger charge is 2.12. The maximum Gasteiger partial charge on any atom is 0.130 e. The van der Waals surface area contributed by atoms with Crippen molar-refractivity contribution in [2.75, 3.05) is 20.3 Å². The van der Waals surface area contributed by atoms with E-state index in [2.05, 4.69) is 0 Å². The van der Waals surface area contributed by atoms with Crippen molar-refractivity contribution in [3.05, 3.63) is 29.6 Å². The van der Waals surface area contributed by atoms with Crippen LogP contribution in [-0.4, -0.2) is 20.3 Å². The molecule has 1 aromatic carbocycles. The maximum absolute atomic E-state index is 13.5. The van der Waals surface area contributed by atoms with E-state index in [9.17, 15) is 4.39 Å². The molecule has 1 rings (SSSR count). The highest BCUT2D eigenvalue weighted by atomic mass is 19.1. The quantitative estimate of drug-likeness (QED) is 0.698. The van der Waals surface area contributed by atoms with Crippen LogP contribution in [0.4, 0.5) is 4.39 Å². The van der Waals surface area contributed by atoms with Gasteiger partial charge in [0.25, 0.3) is 0 Å². The Morgan fingerprint density at radius 1 is 1.27 bits per heavy atom. The normalized spacial score (nSPS) is 10.7. The first-order chi connectivity index (χ1) is 7.16. The number of rotatable bonds is 5. The van der Waals surface area contributed by atoms with E-state index in [-0.39, 0.29) is 11.7 Å². The zero-order chi connectivity index (χ0) is 11.3. The van der Waals surface area contributed by atoms with Crippen LogP contribution in [-0.2, 0) is 4.74 Å². The minimum atomic E-state index is -0.208. The predicted molar refractivity (Wildman–Crippen MR) is 57.9 cm³/mol. The third-order valence-corrected chi connectivity index (χ3v) is 2.14. The van der Waals surface area contributed by atoms with Gasteiger partial charge >= 0.3 is 0 Å². The standard InChI is InChI=1S/C12H17FO2/c1-9(2)12-10(13)5-4-6-11(12)15-8-7-14-3/h4-6,9H,7-8H2,1-3H3. The molecule has 84 valence electrons. The lowest BCUT2D eigenvalue weighted by atomic mass is 10.0. The molecule has 1 aromatic rings. The lowest BCUT2D eigenvalue weighted by molar-refractivity contribution is 0.145. The van der Waals surface area contributed by atoms with E-state index in [0.29, 0.717) is 24.5 Å². The molecule has 0 bridgehead atoms. The summed E-state index contributed by atoms with van der Waals surface area (Å²) < 4.78 is 23.8. The minimum absolute atomic E-state index is 0.115. The fourth-order valence-corrected chi connectivity index (χ4v) is 1.44. The van der Waals surface area contributed by atoms with Gasteiger partial charge in [0.15, 0.2) is 0 Å². The third kappa shape index (κ3) is 3.20. The van der Waals surface area contributed by atoms with Crippen molar-refractivity contribution >= 4 is 0 Å². The molecule has 0 heterocycles. The number of hydrogen-bond acceptors (Lipinski definition) is 2. The zero-order valence-electron chi connectivity index (χ0n) is 9.42. The molecule has 0 N–H and O–H groups in total. The number of ether oxygens (including phenoxy) is 2. The molecule has 0 amide bonds. The summed E-state index contributed by atoms with van der Waals surface area (Å²) in [6, 6.07) is 4.90. The minimum Gasteiger partial charge on any atom is -0.491 e. The van der Waals surface area contributed by atoms with E-state index in [1.54, 1.807) is 19.2 Å². The Hall–Kier alpha value is -1.09. The fraction of sp³-hybridized carbons (Fsp3) is 0.500. The number of methoxy groups -OCH3 is 1. The highest BCUT2D eigenvalue weighted by molar-refractivity contribution is 5.36. The first-order valence-electron chi connectivity index (χ1n) is 5.07. The van der Waals surface area contributed by atoms with Gasteiger partial charge in [0.05, 0.1) is 6.61 Å². The Morgan fingerprint density at radius 3 is 2.60 bits per heavy atom. The second-order valence-electron chi connectivity index (χ2n) is 3.65. The Kier molecular flexibility index (Phi) is 4.56. The van der Waals surface area contributed by atoms with Crippen molar-refractivity contribution in [2.24, 2.45) is 0 Å². The topological polar surface area (TPSA) is 18.5 Å². The van der Waals surface area contributed by atoms with Gasteiger partial charge in [0.1, 0.15) is 18.2 Å². The van der Waals surface area contributed by atoms with Gasteiger partial charge in [0, 0.05) is 12.7 Å². The number of hydrogen-bond donors (Lipinski definition) is 0. The molecule has 0 radical (unpaired) electrons. The Balaban J connectivity index is 2.81. The smallest absolute Gasteiger partial charge is 0.130 e. The van der Waals surface area contributed by atoms with Gasteiger partial charge in [-0.15, -0.1) is 0 Å². The molecule has 0 aliphatic carbocycles. The van der Waals surface area contributed by atoms with E-state index in [1.807, 2.05) is 13.8 Å². The Morgan fingerprint density at radius 2 is 2.00 bits per heavy atom. The second-order valence-corrected chi connectivity index (χ2v) is 3.65. The molecule has 0 unspecified atom stereocenters. The lowest BCUT2D eigenvalue weighted by Crippen LogP contribution is -2.07. The third-order valence-electron chi connectivity index (χ3n) is 2.14. The summed E-state index contributed by atoms with van der Waals surface area (Å²) in [6.07, 6.45) is 0. The van der Waals surface area contributed by atoms with Crippen molar-refractivity contribution in [1.29, 1.82) is 0 Å². The molecule has 0 aliphatic heterocycles. The van der Waals surface area contributed by atoms with E-state index >= 15 is 0 Å². The van der Waals surface area contributed by atoms with Crippen molar-refractivity contribution in [2.45, 2.75) is 19.8 Å². The van der Waals surface area contributed by atoms with Crippen LogP contribution in [0.1, 0.15) is 25.3 Å². The average molecular weight is 212 g/mol. The molecule has 0 saturated heterocycles. The van der Waals surface area contributed by atoms with Crippen LogP contribution in [0.25, 0.3) is 0 Å². The molecule has 0 fully saturated rings. The van der Waals surface area contributed by atoms with Crippen LogP contribution in [0.3, 0.4) is 0 Å². The lowest BCUT2D eigenvalue weighted by Gasteiger charge is -2.14. The van der Waals surface area contributed by atoms with Crippen molar-refractivity contribution in [3.63, 3.8) is 0 Å². The van der Waals surface area contributed by atoms with Gasteiger partial charge in [0.2, 0.25) is 0 Å². The molecule has 0 saturated carbocycles. The van der Waals surface area contributed by atoms with Crippen LogP contribution in [0.15, 0.2) is 18.2 Å². The van der Waals surface area contributed by atoms with Gasteiger partial charge in [-0.1, -0.05) is 19.9 Å². The molecular formula is C12H17FO2. The van der Waals surface area contributed by atoms with E-state index < -0.39 is 0 Å². The van der Waals surface area contributed by atoms with Gasteiger partial charge < -0.3 is 9.47 Å². The van der Waals surface area contributed by atoms with Crippen LogP contribution in [0.5, 0.6) is 5.75 Å². The predicted octanol–water partition coefficient (Wildman–Crippen LogP) is 2.97. The van der Waals surface area contributed by atoms with Gasteiger partial charge in [-0.05, 0) is 18.1 Å². The van der Waals surface area contributed by atoms with Crippen molar-refractivity contribution in [3.8, 4) is 5.75 Å². The van der Waals surface area contributed by atoms with E-state index in [1.165, 1.54) is 6.07 Å². The van der Waals surface area contributed by atoms with Crippen LogP contribution in [0.2, 0.25) is 0 Å². The zero-order valence-corrected chi connectivity index (χ0v) is 9.42. The number of halogens is 1. The van der Waals surface area contributed by atoms with Gasteiger partial charge in [-0.25, -0.2) is 4.39 Å². The average Bonchev–Trinajstić information content (AvgIpc) is 2.17. The Labute approximate surface area is 90.0 Å². The molecule has 0 spiro atoms. The summed E-state index contributed by atoms with van der Waals surface area (Å²) >= 11 is 0. The highest BCUT2D eigenvalue weighted by Crippen LogP contribution is 2.28. The molecule has 3 heteroatoms. The summed E-state index contributed by atoms with van der Waals surface area (Å²) in [7, 11) is 1.61. The Bertz CT molecular complexity index is 310. The molecule has 0 aliphatic rings. The van der Waals surface area contributed by atoms with Crippen LogP contribution < -0.4 is 4.74 Å². The van der Waals surface area contributed by atoms with Gasteiger partial charge in [-0.2, -0.15) is 0 Å². The molecule has 0 atom stereocenters. The first kappa shape index (κ1) is 12.0. The fourth-order valence-electron chi connectivity index (χ4n) is 1.44. The second kappa shape index (κ2) is 5.71. The largest absolute Gasteiger partial charge is 0.491 e. The van der Waals surface area contributed by atoms with Crippen molar-refractivity contribution in [1.82, 2.24) is 0 Å². The molecule has 15 heavy (non-hydrogen) atoms. The summed E-state index contributed by atoms with van der Waals surface area (Å²) in [5, 5.41) is 0. The van der Waals surface area contributed by atoms with Crippen LogP contribution in [0, 0.1) is 5.82 Å². The summed E-state index contributed by atoms with van der Waals surface area (Å²) in [6.45, 7) is 4.84. The summed E-state index contributed by atoms with van der Waals surface area (Å²) in [5.41, 5.74) is 0.633. The van der Waals surface area contributed by atoms with E-state index in [4.69, 9.17) is 9.47 Å². The van der Waals surface area contributed by atoms with Crippen molar-refractivity contribution < 1.29 is 13.9 Å².